The van der Waals surface area contributed by atoms with Crippen molar-refractivity contribution in [3.05, 3.63) is 69.4 Å². The highest BCUT2D eigenvalue weighted by Crippen LogP contribution is 2.18. The summed E-state index contributed by atoms with van der Waals surface area (Å²) in [6.07, 6.45) is 0. The van der Waals surface area contributed by atoms with Gasteiger partial charge < -0.3 is 10.4 Å². The maximum atomic E-state index is 13.7. The minimum absolute atomic E-state index is 0.0495. The number of nitrogens with one attached hydrogen (secondary N) is 1. The third kappa shape index (κ3) is 3.66. The molecule has 1 amide bonds. The van der Waals surface area contributed by atoms with E-state index >= 15 is 0 Å². The van der Waals surface area contributed by atoms with Crippen molar-refractivity contribution in [2.45, 2.75) is 6.54 Å². The molecule has 0 fully saturated rings. The number of halogens is 2. The van der Waals surface area contributed by atoms with E-state index in [9.17, 15) is 14.0 Å². The molecule has 0 aliphatic carbocycles. The van der Waals surface area contributed by atoms with Crippen LogP contribution in [0.3, 0.4) is 0 Å². The molecule has 2 rings (SSSR count). The molecule has 0 heterocycles. The molecule has 0 radical (unpaired) electrons. The molecule has 108 valence electrons. The van der Waals surface area contributed by atoms with Crippen LogP contribution < -0.4 is 5.32 Å². The number of carbonyl (C=O) groups excluding carboxylic acids is 1. The van der Waals surface area contributed by atoms with Crippen LogP contribution in [0.1, 0.15) is 26.3 Å². The zero-order valence-electron chi connectivity index (χ0n) is 10.8. The second-order valence-electron chi connectivity index (χ2n) is 4.29. The quantitative estimate of drug-likeness (QED) is 0.888. The largest absolute Gasteiger partial charge is 0.478 e. The van der Waals surface area contributed by atoms with Crippen molar-refractivity contribution < 1.29 is 19.1 Å². The van der Waals surface area contributed by atoms with Gasteiger partial charge in [-0.3, -0.25) is 4.79 Å². The van der Waals surface area contributed by atoms with E-state index in [0.29, 0.717) is 0 Å². The summed E-state index contributed by atoms with van der Waals surface area (Å²) in [5, 5.41) is 11.4. The minimum atomic E-state index is -1.01. The molecule has 0 spiro atoms. The van der Waals surface area contributed by atoms with Crippen LogP contribution in [-0.2, 0) is 6.54 Å². The summed E-state index contributed by atoms with van der Waals surface area (Å²) >= 11 is 3.02. The summed E-state index contributed by atoms with van der Waals surface area (Å²) in [7, 11) is 0. The Morgan fingerprint density at radius 2 is 1.81 bits per heavy atom. The summed E-state index contributed by atoms with van der Waals surface area (Å²) in [4.78, 5) is 22.6. The van der Waals surface area contributed by atoms with E-state index in [0.717, 1.165) is 5.56 Å². The zero-order chi connectivity index (χ0) is 15.4. The van der Waals surface area contributed by atoms with Crippen molar-refractivity contribution in [2.75, 3.05) is 0 Å². The third-order valence-electron chi connectivity index (χ3n) is 2.85. The third-order valence-corrected chi connectivity index (χ3v) is 3.46. The summed E-state index contributed by atoms with van der Waals surface area (Å²) in [6, 6.07) is 10.6. The second-order valence-corrected chi connectivity index (χ2v) is 5.14. The number of aromatic carboxylic acids is 1. The van der Waals surface area contributed by atoms with E-state index < -0.39 is 17.7 Å². The lowest BCUT2D eigenvalue weighted by Gasteiger charge is -2.07. The first-order chi connectivity index (χ1) is 9.99. The van der Waals surface area contributed by atoms with Crippen LogP contribution in [-0.4, -0.2) is 17.0 Å². The van der Waals surface area contributed by atoms with Gasteiger partial charge in [0.1, 0.15) is 5.82 Å². The van der Waals surface area contributed by atoms with E-state index in [2.05, 4.69) is 21.2 Å². The van der Waals surface area contributed by atoms with E-state index in [-0.39, 0.29) is 22.1 Å². The lowest BCUT2D eigenvalue weighted by atomic mass is 10.1. The summed E-state index contributed by atoms with van der Waals surface area (Å²) in [5.41, 5.74) is 0.846. The van der Waals surface area contributed by atoms with Gasteiger partial charge in [0.2, 0.25) is 0 Å². The molecule has 0 bridgehead atoms. The Morgan fingerprint density at radius 3 is 2.43 bits per heavy atom. The molecule has 6 heteroatoms. The molecule has 0 saturated heterocycles. The van der Waals surface area contributed by atoms with Crippen LogP contribution in [0, 0.1) is 5.82 Å². The monoisotopic (exact) mass is 351 g/mol. The first kappa shape index (κ1) is 15.2. The van der Waals surface area contributed by atoms with Crippen molar-refractivity contribution in [3.8, 4) is 0 Å². The van der Waals surface area contributed by atoms with Crippen molar-refractivity contribution in [3.63, 3.8) is 0 Å². The van der Waals surface area contributed by atoms with Crippen molar-refractivity contribution >= 4 is 27.8 Å². The zero-order valence-corrected chi connectivity index (χ0v) is 12.4. The lowest BCUT2D eigenvalue weighted by Crippen LogP contribution is -2.24. The molecule has 0 aliphatic heterocycles. The van der Waals surface area contributed by atoms with E-state index in [1.165, 1.54) is 24.3 Å². The van der Waals surface area contributed by atoms with Crippen LogP contribution in [0.15, 0.2) is 46.9 Å². The molecule has 21 heavy (non-hydrogen) atoms. The van der Waals surface area contributed by atoms with Gasteiger partial charge in [0.25, 0.3) is 5.91 Å². The molecule has 2 aromatic carbocycles. The fraction of sp³-hybridized carbons (Fsp3) is 0.0667. The molecule has 2 N–H and O–H groups in total. The fourth-order valence-corrected chi connectivity index (χ4v) is 2.09. The molecule has 4 nitrogen and oxygen atoms in total. The Balaban J connectivity index is 2.04. The Bertz CT molecular complexity index is 686. The van der Waals surface area contributed by atoms with Gasteiger partial charge in [-0.1, -0.05) is 18.2 Å². The van der Waals surface area contributed by atoms with Crippen molar-refractivity contribution in [1.29, 1.82) is 0 Å². The number of carboxylic acid groups (broad SMARTS) is 1. The first-order valence-corrected chi connectivity index (χ1v) is 6.83. The van der Waals surface area contributed by atoms with Gasteiger partial charge in [-0.25, -0.2) is 9.18 Å². The van der Waals surface area contributed by atoms with Gasteiger partial charge >= 0.3 is 5.97 Å². The van der Waals surface area contributed by atoms with Crippen LogP contribution in [0.4, 0.5) is 4.39 Å². The molecule has 0 aromatic heterocycles. The SMILES string of the molecule is O=C(O)c1ccc(CNC(=O)c2cccc(Br)c2F)cc1. The maximum Gasteiger partial charge on any atom is 0.335 e. The Labute approximate surface area is 128 Å². The van der Waals surface area contributed by atoms with Crippen LogP contribution in [0.5, 0.6) is 0 Å². The number of benzene rings is 2. The van der Waals surface area contributed by atoms with E-state index in [1.807, 2.05) is 0 Å². The fourth-order valence-electron chi connectivity index (χ4n) is 1.72. The van der Waals surface area contributed by atoms with Gasteiger partial charge in [0.05, 0.1) is 15.6 Å². The van der Waals surface area contributed by atoms with E-state index in [4.69, 9.17) is 5.11 Å². The Kier molecular flexibility index (Phi) is 4.70. The van der Waals surface area contributed by atoms with Crippen molar-refractivity contribution in [2.24, 2.45) is 0 Å². The highest BCUT2D eigenvalue weighted by atomic mass is 79.9. The van der Waals surface area contributed by atoms with Gasteiger partial charge in [0, 0.05) is 6.54 Å². The minimum Gasteiger partial charge on any atom is -0.478 e. The predicted molar refractivity (Wildman–Crippen MR) is 78.7 cm³/mol. The number of carbonyl (C=O) groups is 2. The van der Waals surface area contributed by atoms with Crippen LogP contribution in [0.2, 0.25) is 0 Å². The number of carboxylic acids is 1. The van der Waals surface area contributed by atoms with Gasteiger partial charge in [-0.05, 0) is 45.8 Å². The second kappa shape index (κ2) is 6.49. The topological polar surface area (TPSA) is 66.4 Å². The normalized spacial score (nSPS) is 10.2. The number of hydrogen-bond acceptors (Lipinski definition) is 2. The van der Waals surface area contributed by atoms with Crippen LogP contribution >= 0.6 is 15.9 Å². The molecule has 2 aromatic rings. The number of hydrogen-bond donors (Lipinski definition) is 2. The maximum absolute atomic E-state index is 13.7. The van der Waals surface area contributed by atoms with E-state index in [1.54, 1.807) is 18.2 Å². The number of amides is 1. The average molecular weight is 352 g/mol. The standard InChI is InChI=1S/C15H11BrFNO3/c16-12-3-1-2-11(13(12)17)14(19)18-8-9-4-6-10(7-5-9)15(20)21/h1-7H,8H2,(H,18,19)(H,20,21). The molecule has 0 saturated carbocycles. The summed E-state index contributed by atoms with van der Waals surface area (Å²) < 4.78 is 14.0. The average Bonchev–Trinajstić information content (AvgIpc) is 2.48. The lowest BCUT2D eigenvalue weighted by molar-refractivity contribution is 0.0696. The first-order valence-electron chi connectivity index (χ1n) is 6.03. The predicted octanol–water partition coefficient (Wildman–Crippen LogP) is 3.22. The van der Waals surface area contributed by atoms with Gasteiger partial charge in [-0.2, -0.15) is 0 Å². The number of rotatable bonds is 4. The van der Waals surface area contributed by atoms with Crippen molar-refractivity contribution in [1.82, 2.24) is 5.32 Å². The van der Waals surface area contributed by atoms with Gasteiger partial charge in [0.15, 0.2) is 0 Å². The van der Waals surface area contributed by atoms with Gasteiger partial charge in [-0.15, -0.1) is 0 Å². The van der Waals surface area contributed by atoms with Crippen LogP contribution in [0.25, 0.3) is 0 Å². The molecular formula is C15H11BrFNO3. The molecule has 0 unspecified atom stereocenters. The highest BCUT2D eigenvalue weighted by Gasteiger charge is 2.13. The smallest absolute Gasteiger partial charge is 0.335 e. The highest BCUT2D eigenvalue weighted by molar-refractivity contribution is 9.10. The summed E-state index contributed by atoms with van der Waals surface area (Å²) in [6.45, 7) is 0.185. The Hall–Kier alpha value is -2.21. The Morgan fingerprint density at radius 1 is 1.14 bits per heavy atom. The molecule has 0 atom stereocenters. The summed E-state index contributed by atoms with van der Waals surface area (Å²) in [5.74, 6) is -2.16. The molecule has 0 aliphatic rings. The molecular weight excluding hydrogens is 341 g/mol.